The quantitative estimate of drug-likeness (QED) is 0.832. The Hall–Kier alpha value is -1.32. The second kappa shape index (κ2) is 4.75. The first-order valence-corrected chi connectivity index (χ1v) is 6.50. The Balaban J connectivity index is 1.82. The summed E-state index contributed by atoms with van der Waals surface area (Å²) < 4.78 is 5.90. The van der Waals surface area contributed by atoms with Gasteiger partial charge in [-0.25, -0.2) is 4.98 Å². The minimum Gasteiger partial charge on any atom is -0.473 e. The molecule has 18 heavy (non-hydrogen) atoms. The smallest absolute Gasteiger partial charge is 0.214 e. The van der Waals surface area contributed by atoms with Gasteiger partial charge in [-0.1, -0.05) is 11.6 Å². The summed E-state index contributed by atoms with van der Waals surface area (Å²) in [6.45, 7) is 2.06. The average molecular weight is 263 g/mol. The molecule has 1 unspecified atom stereocenters. The van der Waals surface area contributed by atoms with Gasteiger partial charge in [0.2, 0.25) is 5.88 Å². The highest BCUT2D eigenvalue weighted by molar-refractivity contribution is 6.31. The van der Waals surface area contributed by atoms with E-state index in [1.165, 1.54) is 0 Å². The molecule has 2 heterocycles. The number of rotatable bonds is 2. The summed E-state index contributed by atoms with van der Waals surface area (Å²) in [6, 6.07) is 9.60. The molecule has 1 fully saturated rings. The summed E-state index contributed by atoms with van der Waals surface area (Å²) >= 11 is 5.95. The fraction of sp³-hybridized carbons (Fsp3) is 0.357. The van der Waals surface area contributed by atoms with Crippen molar-refractivity contribution in [3.8, 4) is 5.88 Å². The molecular formula is C14H15ClN2O. The van der Waals surface area contributed by atoms with Crippen LogP contribution in [-0.2, 0) is 0 Å². The van der Waals surface area contributed by atoms with Gasteiger partial charge >= 0.3 is 0 Å². The van der Waals surface area contributed by atoms with E-state index in [0.29, 0.717) is 5.88 Å². The van der Waals surface area contributed by atoms with Crippen LogP contribution in [0.1, 0.15) is 6.42 Å². The Morgan fingerprint density at radius 1 is 1.33 bits per heavy atom. The maximum Gasteiger partial charge on any atom is 0.214 e. The molecule has 0 N–H and O–H groups in total. The van der Waals surface area contributed by atoms with Crippen LogP contribution in [0.5, 0.6) is 5.88 Å². The lowest BCUT2D eigenvalue weighted by molar-refractivity contribution is 0.201. The predicted octanol–water partition coefficient (Wildman–Crippen LogP) is 2.97. The molecule has 0 radical (unpaired) electrons. The zero-order chi connectivity index (χ0) is 12.5. The van der Waals surface area contributed by atoms with Crippen molar-refractivity contribution >= 4 is 22.5 Å². The summed E-state index contributed by atoms with van der Waals surface area (Å²) in [7, 11) is 2.11. The van der Waals surface area contributed by atoms with Crippen LogP contribution in [0.2, 0.25) is 5.02 Å². The normalized spacial score (nSPS) is 20.4. The molecular weight excluding hydrogens is 248 g/mol. The number of likely N-dealkylation sites (N-methyl/N-ethyl adjacent to an activating group) is 1. The van der Waals surface area contributed by atoms with E-state index in [1.807, 2.05) is 30.3 Å². The van der Waals surface area contributed by atoms with Crippen LogP contribution in [-0.4, -0.2) is 36.1 Å². The van der Waals surface area contributed by atoms with Gasteiger partial charge < -0.3 is 9.64 Å². The lowest BCUT2D eigenvalue weighted by atomic mass is 10.2. The van der Waals surface area contributed by atoms with Crippen LogP contribution in [0.15, 0.2) is 30.3 Å². The number of aromatic nitrogens is 1. The van der Waals surface area contributed by atoms with E-state index in [-0.39, 0.29) is 6.10 Å². The standard InChI is InChI=1S/C14H15ClN2O/c1-17-7-6-12(9-17)18-14-5-2-10-8-11(15)3-4-13(10)16-14/h2-5,8,12H,6-7,9H2,1H3. The molecule has 94 valence electrons. The Morgan fingerprint density at radius 2 is 2.22 bits per heavy atom. The molecule has 3 rings (SSSR count). The van der Waals surface area contributed by atoms with Gasteiger partial charge in [0.15, 0.2) is 0 Å². The highest BCUT2D eigenvalue weighted by Gasteiger charge is 2.21. The van der Waals surface area contributed by atoms with Gasteiger partial charge in [0.25, 0.3) is 0 Å². The number of halogens is 1. The van der Waals surface area contributed by atoms with E-state index in [1.54, 1.807) is 0 Å². The molecule has 0 spiro atoms. The number of likely N-dealkylation sites (tertiary alicyclic amines) is 1. The van der Waals surface area contributed by atoms with Crippen LogP contribution < -0.4 is 4.74 Å². The van der Waals surface area contributed by atoms with Crippen LogP contribution >= 0.6 is 11.6 Å². The molecule has 1 atom stereocenters. The topological polar surface area (TPSA) is 25.4 Å². The van der Waals surface area contributed by atoms with E-state index in [9.17, 15) is 0 Å². The van der Waals surface area contributed by atoms with Crippen molar-refractivity contribution in [2.45, 2.75) is 12.5 Å². The van der Waals surface area contributed by atoms with E-state index in [0.717, 1.165) is 35.4 Å². The number of hydrogen-bond acceptors (Lipinski definition) is 3. The van der Waals surface area contributed by atoms with Gasteiger partial charge in [0.1, 0.15) is 6.10 Å². The van der Waals surface area contributed by atoms with Gasteiger partial charge in [-0.05, 0) is 37.7 Å². The monoisotopic (exact) mass is 262 g/mol. The van der Waals surface area contributed by atoms with Crippen LogP contribution in [0.25, 0.3) is 10.9 Å². The fourth-order valence-corrected chi connectivity index (χ4v) is 2.49. The second-order valence-corrected chi connectivity index (χ2v) is 5.21. The lowest BCUT2D eigenvalue weighted by Crippen LogP contribution is -2.21. The van der Waals surface area contributed by atoms with E-state index < -0.39 is 0 Å². The average Bonchev–Trinajstić information content (AvgIpc) is 2.75. The fourth-order valence-electron chi connectivity index (χ4n) is 2.30. The zero-order valence-corrected chi connectivity index (χ0v) is 11.0. The maximum absolute atomic E-state index is 5.95. The number of hydrogen-bond donors (Lipinski definition) is 0. The Kier molecular flexibility index (Phi) is 3.10. The molecule has 1 aliphatic rings. The molecule has 1 saturated heterocycles. The molecule has 0 aliphatic carbocycles. The summed E-state index contributed by atoms with van der Waals surface area (Å²) in [6.07, 6.45) is 1.32. The van der Waals surface area contributed by atoms with Gasteiger partial charge in [-0.3, -0.25) is 0 Å². The maximum atomic E-state index is 5.95. The lowest BCUT2D eigenvalue weighted by Gasteiger charge is -2.13. The van der Waals surface area contributed by atoms with Crippen LogP contribution in [0, 0.1) is 0 Å². The van der Waals surface area contributed by atoms with E-state index in [2.05, 4.69) is 16.9 Å². The van der Waals surface area contributed by atoms with E-state index in [4.69, 9.17) is 16.3 Å². The zero-order valence-electron chi connectivity index (χ0n) is 10.3. The van der Waals surface area contributed by atoms with Crippen molar-refractivity contribution in [1.29, 1.82) is 0 Å². The summed E-state index contributed by atoms with van der Waals surface area (Å²) in [5, 5.41) is 1.77. The second-order valence-electron chi connectivity index (χ2n) is 4.78. The first kappa shape index (κ1) is 11.8. The molecule has 2 aromatic rings. The van der Waals surface area contributed by atoms with Crippen molar-refractivity contribution in [2.24, 2.45) is 0 Å². The van der Waals surface area contributed by atoms with Crippen LogP contribution in [0.3, 0.4) is 0 Å². The number of benzene rings is 1. The third kappa shape index (κ3) is 2.42. The molecule has 1 aliphatic heterocycles. The highest BCUT2D eigenvalue weighted by Crippen LogP contribution is 2.22. The van der Waals surface area contributed by atoms with Gasteiger partial charge in [-0.15, -0.1) is 0 Å². The van der Waals surface area contributed by atoms with Crippen molar-refractivity contribution in [3.63, 3.8) is 0 Å². The van der Waals surface area contributed by atoms with Crippen molar-refractivity contribution in [2.75, 3.05) is 20.1 Å². The highest BCUT2D eigenvalue weighted by atomic mass is 35.5. The van der Waals surface area contributed by atoms with Crippen molar-refractivity contribution in [1.82, 2.24) is 9.88 Å². The number of ether oxygens (including phenoxy) is 1. The molecule has 4 heteroatoms. The summed E-state index contributed by atoms with van der Waals surface area (Å²) in [5.41, 5.74) is 0.920. The van der Waals surface area contributed by atoms with Crippen LogP contribution in [0.4, 0.5) is 0 Å². The third-order valence-electron chi connectivity index (χ3n) is 3.26. The Morgan fingerprint density at radius 3 is 3.00 bits per heavy atom. The molecule has 0 saturated carbocycles. The molecule has 0 amide bonds. The SMILES string of the molecule is CN1CCC(Oc2ccc3cc(Cl)ccc3n2)C1. The third-order valence-corrected chi connectivity index (χ3v) is 3.50. The Labute approximate surface area is 111 Å². The Bertz CT molecular complexity index is 573. The summed E-state index contributed by atoms with van der Waals surface area (Å²) in [5.74, 6) is 0.699. The van der Waals surface area contributed by atoms with Crippen molar-refractivity contribution < 1.29 is 4.74 Å². The number of nitrogens with zero attached hydrogens (tertiary/aromatic N) is 2. The van der Waals surface area contributed by atoms with Gasteiger partial charge in [0, 0.05) is 29.6 Å². The minimum atomic E-state index is 0.257. The molecule has 1 aromatic carbocycles. The first-order valence-electron chi connectivity index (χ1n) is 6.12. The minimum absolute atomic E-state index is 0.257. The molecule has 0 bridgehead atoms. The molecule has 3 nitrogen and oxygen atoms in total. The first-order chi connectivity index (χ1) is 8.70. The number of fused-ring (bicyclic) bond motifs is 1. The largest absolute Gasteiger partial charge is 0.473 e. The van der Waals surface area contributed by atoms with Gasteiger partial charge in [-0.2, -0.15) is 0 Å². The number of pyridine rings is 1. The van der Waals surface area contributed by atoms with Crippen molar-refractivity contribution in [3.05, 3.63) is 35.4 Å². The van der Waals surface area contributed by atoms with Gasteiger partial charge in [0.05, 0.1) is 5.52 Å². The summed E-state index contributed by atoms with van der Waals surface area (Å²) in [4.78, 5) is 6.77. The predicted molar refractivity (Wildman–Crippen MR) is 73.3 cm³/mol. The molecule has 1 aromatic heterocycles. The van der Waals surface area contributed by atoms with E-state index >= 15 is 0 Å².